The zero-order valence-corrected chi connectivity index (χ0v) is 22.8. The van der Waals surface area contributed by atoms with Crippen molar-refractivity contribution in [3.8, 4) is 0 Å². The maximum absolute atomic E-state index is 11.6. The van der Waals surface area contributed by atoms with E-state index in [-0.39, 0.29) is 41.1 Å². The molecule has 0 spiro atoms. The van der Waals surface area contributed by atoms with E-state index in [9.17, 15) is 9.59 Å². The molecule has 0 aromatic heterocycles. The normalized spacial score (nSPS) is 41.9. The molecule has 4 rings (SSSR count). The van der Waals surface area contributed by atoms with Crippen LogP contribution in [0.3, 0.4) is 0 Å². The maximum atomic E-state index is 11.6. The van der Waals surface area contributed by atoms with Gasteiger partial charge in [0, 0.05) is 31.6 Å². The Morgan fingerprint density at radius 3 is 2.56 bits per heavy atom. The SMILES string of the molecule is CSC(=S)OC[C@]12CC[C@H](OC(C)=O)C[C@H]1OC[C@H]1[C@@H]3CC[C@H]([C@@H](C)OC(C)=O)[C@@]3(C)CC[C@@H]12. The van der Waals surface area contributed by atoms with Gasteiger partial charge in [-0.25, -0.2) is 0 Å². The maximum Gasteiger partial charge on any atom is 0.302 e. The van der Waals surface area contributed by atoms with E-state index in [2.05, 4.69) is 13.8 Å². The van der Waals surface area contributed by atoms with E-state index in [1.807, 2.05) is 6.26 Å². The molecule has 0 radical (unpaired) electrons. The van der Waals surface area contributed by atoms with Gasteiger partial charge in [0.05, 0.1) is 19.3 Å². The van der Waals surface area contributed by atoms with Crippen LogP contribution in [0.15, 0.2) is 0 Å². The number of carbonyl (C=O) groups excluding carboxylic acids is 2. The van der Waals surface area contributed by atoms with Crippen LogP contribution in [0.5, 0.6) is 0 Å². The number of carbonyl (C=O) groups is 2. The highest BCUT2D eigenvalue weighted by Crippen LogP contribution is 2.65. The predicted octanol–water partition coefficient (Wildman–Crippen LogP) is 5.16. The highest BCUT2D eigenvalue weighted by atomic mass is 32.2. The van der Waals surface area contributed by atoms with Gasteiger partial charge in [-0.2, -0.15) is 0 Å². The van der Waals surface area contributed by atoms with Crippen molar-refractivity contribution in [3.05, 3.63) is 0 Å². The van der Waals surface area contributed by atoms with Crippen molar-refractivity contribution in [2.24, 2.45) is 34.5 Å². The zero-order valence-electron chi connectivity index (χ0n) is 21.2. The van der Waals surface area contributed by atoms with Crippen LogP contribution in [-0.2, 0) is 28.5 Å². The van der Waals surface area contributed by atoms with E-state index in [0.29, 0.717) is 34.7 Å². The third-order valence-electron chi connectivity index (χ3n) is 9.67. The average Bonchev–Trinajstić information content (AvgIpc) is 3.14. The molecule has 4 fully saturated rings. The van der Waals surface area contributed by atoms with Crippen molar-refractivity contribution in [1.29, 1.82) is 0 Å². The van der Waals surface area contributed by atoms with Gasteiger partial charge >= 0.3 is 11.9 Å². The summed E-state index contributed by atoms with van der Waals surface area (Å²) in [5.74, 6) is 1.47. The molecule has 0 bridgehead atoms. The molecule has 3 saturated carbocycles. The molecule has 0 N–H and O–H groups in total. The third kappa shape index (κ3) is 4.75. The van der Waals surface area contributed by atoms with Crippen LogP contribution in [0.25, 0.3) is 0 Å². The van der Waals surface area contributed by atoms with Crippen LogP contribution in [0.1, 0.15) is 72.6 Å². The summed E-state index contributed by atoms with van der Waals surface area (Å²) in [7, 11) is 0. The smallest absolute Gasteiger partial charge is 0.302 e. The molecular formula is C26H40O6S2. The summed E-state index contributed by atoms with van der Waals surface area (Å²) in [5, 5.41) is 0. The predicted molar refractivity (Wildman–Crippen MR) is 135 cm³/mol. The first-order valence-corrected chi connectivity index (χ1v) is 14.4. The van der Waals surface area contributed by atoms with E-state index in [0.717, 1.165) is 51.6 Å². The molecule has 6 nitrogen and oxygen atoms in total. The first kappa shape index (κ1) is 26.2. The average molecular weight is 513 g/mol. The van der Waals surface area contributed by atoms with E-state index in [4.69, 9.17) is 31.2 Å². The quantitative estimate of drug-likeness (QED) is 0.369. The standard InChI is InChI=1S/C26H40O6S2/c1-15(31-16(2)27)20-6-7-21-19-13-29-23-12-18(32-17(3)28)8-11-26(23,14-30-24(33)34-5)22(19)9-10-25(20,21)4/h15,18-23H,6-14H2,1-5H3/t15-,18+,19+,20-,21+,22+,23-,25-,26+/m1/s1. The minimum atomic E-state index is -0.224. The summed E-state index contributed by atoms with van der Waals surface area (Å²) in [5.41, 5.74) is 0.0397. The third-order valence-corrected chi connectivity index (χ3v) is 10.7. The Labute approximate surface area is 213 Å². The van der Waals surface area contributed by atoms with E-state index in [1.54, 1.807) is 0 Å². The van der Waals surface area contributed by atoms with Gasteiger partial charge in [-0.05, 0) is 87.1 Å². The summed E-state index contributed by atoms with van der Waals surface area (Å²) in [6.07, 6.45) is 8.80. The lowest BCUT2D eigenvalue weighted by molar-refractivity contribution is -0.231. The molecule has 192 valence electrons. The second-order valence-corrected chi connectivity index (χ2v) is 12.6. The molecule has 0 amide bonds. The fraction of sp³-hybridized carbons (Fsp3) is 0.885. The van der Waals surface area contributed by atoms with Gasteiger partial charge in [-0.15, -0.1) is 0 Å². The molecule has 1 heterocycles. The van der Waals surface area contributed by atoms with Crippen LogP contribution in [0.2, 0.25) is 0 Å². The number of rotatable bonds is 5. The number of ether oxygens (including phenoxy) is 4. The molecule has 9 atom stereocenters. The van der Waals surface area contributed by atoms with E-state index < -0.39 is 0 Å². The lowest BCUT2D eigenvalue weighted by atomic mass is 9.49. The zero-order chi connectivity index (χ0) is 24.7. The number of thiocarbonyl (C=S) groups is 1. The number of esters is 2. The van der Waals surface area contributed by atoms with Crippen LogP contribution in [0.4, 0.5) is 0 Å². The van der Waals surface area contributed by atoms with Crippen molar-refractivity contribution < 1.29 is 28.5 Å². The number of fused-ring (bicyclic) bond motifs is 5. The van der Waals surface area contributed by atoms with Gasteiger partial charge in [0.15, 0.2) is 0 Å². The first-order valence-electron chi connectivity index (χ1n) is 12.8. The summed E-state index contributed by atoms with van der Waals surface area (Å²) in [4.78, 5) is 23.3. The number of hydrogen-bond donors (Lipinski definition) is 0. The lowest BCUT2D eigenvalue weighted by Crippen LogP contribution is -2.62. The van der Waals surface area contributed by atoms with Gasteiger partial charge in [0.25, 0.3) is 0 Å². The topological polar surface area (TPSA) is 71.1 Å². The van der Waals surface area contributed by atoms with Gasteiger partial charge in [0.1, 0.15) is 12.2 Å². The Hall–Kier alpha value is -0.860. The Kier molecular flexibility index (Phi) is 7.90. The Morgan fingerprint density at radius 2 is 1.88 bits per heavy atom. The molecule has 1 aliphatic heterocycles. The second kappa shape index (κ2) is 10.3. The van der Waals surface area contributed by atoms with Crippen molar-refractivity contribution >= 4 is 40.3 Å². The van der Waals surface area contributed by atoms with Crippen molar-refractivity contribution in [2.75, 3.05) is 19.5 Å². The minimum absolute atomic E-state index is 0.0121. The molecule has 3 aliphatic carbocycles. The number of thioether (sulfide) groups is 1. The van der Waals surface area contributed by atoms with Crippen LogP contribution in [0, 0.1) is 34.5 Å². The fourth-order valence-electron chi connectivity index (χ4n) is 8.32. The van der Waals surface area contributed by atoms with Crippen LogP contribution >= 0.6 is 24.0 Å². The summed E-state index contributed by atoms with van der Waals surface area (Å²) in [6, 6.07) is 0. The van der Waals surface area contributed by atoms with Crippen molar-refractivity contribution in [1.82, 2.24) is 0 Å². The summed E-state index contributed by atoms with van der Waals surface area (Å²) < 4.78 is 24.6. The highest BCUT2D eigenvalue weighted by molar-refractivity contribution is 8.22. The Morgan fingerprint density at radius 1 is 1.12 bits per heavy atom. The van der Waals surface area contributed by atoms with Gasteiger partial charge in [-0.3, -0.25) is 9.59 Å². The van der Waals surface area contributed by atoms with Gasteiger partial charge in [-0.1, -0.05) is 18.7 Å². The van der Waals surface area contributed by atoms with Crippen LogP contribution < -0.4 is 0 Å². The van der Waals surface area contributed by atoms with E-state index >= 15 is 0 Å². The largest absolute Gasteiger partial charge is 0.478 e. The first-order chi connectivity index (χ1) is 16.1. The Bertz CT molecular complexity index is 804. The summed E-state index contributed by atoms with van der Waals surface area (Å²) in [6.45, 7) is 8.78. The Balaban J connectivity index is 1.57. The van der Waals surface area contributed by atoms with Crippen LogP contribution in [-0.4, -0.2) is 54.1 Å². The molecule has 0 unspecified atom stereocenters. The summed E-state index contributed by atoms with van der Waals surface area (Å²) >= 11 is 6.87. The molecule has 4 aliphatic rings. The highest BCUT2D eigenvalue weighted by Gasteiger charge is 2.63. The monoisotopic (exact) mass is 512 g/mol. The van der Waals surface area contributed by atoms with Crippen molar-refractivity contribution in [2.45, 2.75) is 91.0 Å². The number of hydrogen-bond acceptors (Lipinski definition) is 8. The molecule has 1 saturated heterocycles. The second-order valence-electron chi connectivity index (χ2n) is 11.2. The molecule has 0 aromatic carbocycles. The van der Waals surface area contributed by atoms with Crippen molar-refractivity contribution in [3.63, 3.8) is 0 Å². The van der Waals surface area contributed by atoms with Gasteiger partial charge < -0.3 is 18.9 Å². The van der Waals surface area contributed by atoms with Gasteiger partial charge in [0.2, 0.25) is 4.38 Å². The molecule has 34 heavy (non-hydrogen) atoms. The molecular weight excluding hydrogens is 472 g/mol. The lowest BCUT2D eigenvalue weighted by Gasteiger charge is -2.61. The fourth-order valence-corrected chi connectivity index (χ4v) is 8.56. The molecule has 0 aromatic rings. The minimum Gasteiger partial charge on any atom is -0.478 e. The van der Waals surface area contributed by atoms with E-state index in [1.165, 1.54) is 25.6 Å². The molecule has 8 heteroatoms.